The topological polar surface area (TPSA) is 74.7 Å². The summed E-state index contributed by atoms with van der Waals surface area (Å²) in [5.74, 6) is -1.22. The van der Waals surface area contributed by atoms with Crippen LogP contribution in [-0.2, 0) is 14.4 Å². The predicted octanol–water partition coefficient (Wildman–Crippen LogP) is 0.411. The van der Waals surface area contributed by atoms with Gasteiger partial charge in [-0.05, 0) is 31.1 Å². The van der Waals surface area contributed by atoms with E-state index in [2.05, 4.69) is 0 Å². The van der Waals surface area contributed by atoms with Crippen molar-refractivity contribution < 1.29 is 19.5 Å². The normalized spacial score (nSPS) is 39.4. The number of nitrogens with zero attached hydrogens (tertiary/aromatic N) is 1. The number of amides is 2. The van der Waals surface area contributed by atoms with Crippen LogP contribution in [0.5, 0.6) is 0 Å². The first kappa shape index (κ1) is 10.5. The molecule has 0 aromatic rings. The van der Waals surface area contributed by atoms with Gasteiger partial charge in [-0.1, -0.05) is 0 Å². The second-order valence-electron chi connectivity index (χ2n) is 5.12. The van der Waals surface area contributed by atoms with Crippen LogP contribution in [0.4, 0.5) is 0 Å². The molecule has 0 aromatic carbocycles. The Hall–Kier alpha value is -1.65. The van der Waals surface area contributed by atoms with Gasteiger partial charge in [-0.15, -0.1) is 0 Å². The molecule has 2 fully saturated rings. The first-order valence-corrected chi connectivity index (χ1v) is 5.86. The van der Waals surface area contributed by atoms with E-state index in [1.54, 1.807) is 0 Å². The lowest BCUT2D eigenvalue weighted by atomic mass is 9.85. The number of fused-ring (bicyclic) bond motifs is 2. The molecule has 0 saturated heterocycles. The fourth-order valence-corrected chi connectivity index (χ4v) is 3.60. The van der Waals surface area contributed by atoms with Crippen LogP contribution in [0.2, 0.25) is 0 Å². The molecule has 90 valence electrons. The van der Waals surface area contributed by atoms with Crippen molar-refractivity contribution in [2.45, 2.75) is 25.3 Å². The van der Waals surface area contributed by atoms with E-state index in [0.29, 0.717) is 12.8 Å². The van der Waals surface area contributed by atoms with Crippen LogP contribution in [0.3, 0.4) is 0 Å². The number of imide groups is 1. The van der Waals surface area contributed by atoms with Gasteiger partial charge in [0.05, 0.1) is 5.92 Å². The zero-order chi connectivity index (χ0) is 12.2. The highest BCUT2D eigenvalue weighted by molar-refractivity contribution is 6.13. The van der Waals surface area contributed by atoms with Crippen LogP contribution >= 0.6 is 0 Å². The van der Waals surface area contributed by atoms with Gasteiger partial charge in [-0.3, -0.25) is 19.3 Å². The first-order valence-electron chi connectivity index (χ1n) is 5.86. The van der Waals surface area contributed by atoms with Gasteiger partial charge in [0, 0.05) is 18.2 Å². The van der Waals surface area contributed by atoms with E-state index in [1.165, 1.54) is 17.1 Å². The maximum atomic E-state index is 11.6. The predicted molar refractivity (Wildman–Crippen MR) is 56.7 cm³/mol. The van der Waals surface area contributed by atoms with Crippen molar-refractivity contribution in [1.82, 2.24) is 4.90 Å². The van der Waals surface area contributed by atoms with Crippen molar-refractivity contribution in [3.8, 4) is 0 Å². The summed E-state index contributed by atoms with van der Waals surface area (Å²) in [7, 11) is 0. The van der Waals surface area contributed by atoms with Gasteiger partial charge in [-0.2, -0.15) is 0 Å². The Kier molecular flexibility index (Phi) is 2.11. The first-order chi connectivity index (χ1) is 8.08. The zero-order valence-electron chi connectivity index (χ0n) is 9.20. The van der Waals surface area contributed by atoms with Crippen LogP contribution in [0.25, 0.3) is 0 Å². The van der Waals surface area contributed by atoms with E-state index >= 15 is 0 Å². The number of aliphatic carboxylic acids is 1. The average molecular weight is 235 g/mol. The van der Waals surface area contributed by atoms with Crippen LogP contribution in [0.15, 0.2) is 12.2 Å². The molecule has 3 aliphatic rings. The summed E-state index contributed by atoms with van der Waals surface area (Å²) in [5, 5.41) is 9.03. The van der Waals surface area contributed by atoms with Crippen molar-refractivity contribution in [3.63, 3.8) is 0 Å². The van der Waals surface area contributed by atoms with Crippen LogP contribution in [-0.4, -0.2) is 33.8 Å². The second kappa shape index (κ2) is 3.42. The van der Waals surface area contributed by atoms with E-state index < -0.39 is 5.97 Å². The minimum atomic E-state index is -0.742. The summed E-state index contributed by atoms with van der Waals surface area (Å²) in [6, 6.07) is -0.0781. The Labute approximate surface area is 98.1 Å². The summed E-state index contributed by atoms with van der Waals surface area (Å²) >= 11 is 0. The molecule has 0 aromatic heterocycles. The molecule has 2 aliphatic carbocycles. The minimum Gasteiger partial charge on any atom is -0.481 e. The Balaban J connectivity index is 1.77. The van der Waals surface area contributed by atoms with Crippen molar-refractivity contribution >= 4 is 17.8 Å². The van der Waals surface area contributed by atoms with Gasteiger partial charge in [0.1, 0.15) is 0 Å². The molecule has 5 heteroatoms. The lowest BCUT2D eigenvalue weighted by Gasteiger charge is -2.31. The fraction of sp³-hybridized carbons (Fsp3) is 0.583. The van der Waals surface area contributed by atoms with E-state index in [9.17, 15) is 14.4 Å². The highest BCUT2D eigenvalue weighted by Gasteiger charge is 2.52. The fourth-order valence-electron chi connectivity index (χ4n) is 3.60. The molecule has 4 unspecified atom stereocenters. The highest BCUT2D eigenvalue weighted by atomic mass is 16.4. The van der Waals surface area contributed by atoms with Gasteiger partial charge < -0.3 is 5.11 Å². The third-order valence-electron chi connectivity index (χ3n) is 4.31. The molecule has 4 atom stereocenters. The summed E-state index contributed by atoms with van der Waals surface area (Å²) < 4.78 is 0. The molecule has 1 aliphatic heterocycles. The Morgan fingerprint density at radius 2 is 1.76 bits per heavy atom. The monoisotopic (exact) mass is 235 g/mol. The van der Waals surface area contributed by atoms with Crippen LogP contribution in [0.1, 0.15) is 19.3 Å². The number of hydrogen-bond acceptors (Lipinski definition) is 3. The Morgan fingerprint density at radius 3 is 2.24 bits per heavy atom. The smallest absolute Gasteiger partial charge is 0.306 e. The van der Waals surface area contributed by atoms with E-state index in [0.717, 1.165) is 6.42 Å². The quantitative estimate of drug-likeness (QED) is 0.703. The summed E-state index contributed by atoms with van der Waals surface area (Å²) in [4.78, 5) is 35.4. The van der Waals surface area contributed by atoms with Crippen molar-refractivity contribution in [2.75, 3.05) is 0 Å². The minimum absolute atomic E-state index is 0.0781. The number of carbonyl (C=O) groups excluding carboxylic acids is 2. The molecule has 0 spiro atoms. The van der Waals surface area contributed by atoms with E-state index in [1.807, 2.05) is 0 Å². The standard InChI is InChI=1S/C12H13NO4/c14-10-1-2-11(15)13(10)9-5-6-3-7(9)4-8(6)12(16)17/h1-2,6-9H,3-5H2,(H,16,17). The van der Waals surface area contributed by atoms with Crippen LogP contribution in [0, 0.1) is 17.8 Å². The second-order valence-corrected chi connectivity index (χ2v) is 5.12. The SMILES string of the molecule is O=C(O)C1CC2CC1CC2N1C(=O)C=CC1=O. The largest absolute Gasteiger partial charge is 0.481 e. The molecular weight excluding hydrogens is 222 g/mol. The Morgan fingerprint density at radius 1 is 1.12 bits per heavy atom. The molecule has 0 radical (unpaired) electrons. The summed E-state index contributed by atoms with van der Waals surface area (Å²) in [6.45, 7) is 0. The van der Waals surface area contributed by atoms with Crippen molar-refractivity contribution in [1.29, 1.82) is 0 Å². The van der Waals surface area contributed by atoms with Gasteiger partial charge in [-0.25, -0.2) is 0 Å². The zero-order valence-corrected chi connectivity index (χ0v) is 9.20. The number of carboxylic acid groups (broad SMARTS) is 1. The molecule has 3 rings (SSSR count). The Bertz CT molecular complexity index is 424. The third-order valence-corrected chi connectivity index (χ3v) is 4.31. The number of carbonyl (C=O) groups is 3. The maximum absolute atomic E-state index is 11.6. The van der Waals surface area contributed by atoms with E-state index in [4.69, 9.17) is 5.11 Å². The van der Waals surface area contributed by atoms with Crippen molar-refractivity contribution in [3.05, 3.63) is 12.2 Å². The molecular formula is C12H13NO4. The lowest BCUT2D eigenvalue weighted by molar-refractivity contribution is -0.144. The molecule has 2 bridgehead atoms. The van der Waals surface area contributed by atoms with Gasteiger partial charge in [0.2, 0.25) is 0 Å². The van der Waals surface area contributed by atoms with E-state index in [-0.39, 0.29) is 35.6 Å². The molecule has 5 nitrogen and oxygen atoms in total. The molecule has 2 saturated carbocycles. The molecule has 1 N–H and O–H groups in total. The molecule has 17 heavy (non-hydrogen) atoms. The number of rotatable bonds is 2. The van der Waals surface area contributed by atoms with Gasteiger partial charge in [0.15, 0.2) is 0 Å². The van der Waals surface area contributed by atoms with Crippen molar-refractivity contribution in [2.24, 2.45) is 17.8 Å². The van der Waals surface area contributed by atoms with Crippen LogP contribution < -0.4 is 0 Å². The summed E-state index contributed by atoms with van der Waals surface area (Å²) in [6.07, 6.45) is 4.67. The number of hydrogen-bond donors (Lipinski definition) is 1. The number of carboxylic acids is 1. The van der Waals surface area contributed by atoms with Gasteiger partial charge in [0.25, 0.3) is 11.8 Å². The highest BCUT2D eigenvalue weighted by Crippen LogP contribution is 2.50. The molecule has 2 amide bonds. The van der Waals surface area contributed by atoms with Gasteiger partial charge >= 0.3 is 5.97 Å². The maximum Gasteiger partial charge on any atom is 0.306 e. The third kappa shape index (κ3) is 1.41. The molecule has 1 heterocycles. The lowest BCUT2D eigenvalue weighted by Crippen LogP contribution is -2.44. The average Bonchev–Trinajstić information content (AvgIpc) is 2.92. The summed E-state index contributed by atoms with van der Waals surface area (Å²) in [5.41, 5.74) is 0.